The molecule has 8 nitrogen and oxygen atoms in total. The summed E-state index contributed by atoms with van der Waals surface area (Å²) in [6.07, 6.45) is 4.03. The van der Waals surface area contributed by atoms with Crippen LogP contribution in [0.5, 0.6) is 5.75 Å². The van der Waals surface area contributed by atoms with Crippen LogP contribution in [0, 0.1) is 5.92 Å². The highest BCUT2D eigenvalue weighted by Crippen LogP contribution is 2.27. The predicted molar refractivity (Wildman–Crippen MR) is 107 cm³/mol. The zero-order valence-corrected chi connectivity index (χ0v) is 16.5. The van der Waals surface area contributed by atoms with Crippen LogP contribution in [0.1, 0.15) is 35.7 Å². The molecule has 29 heavy (non-hydrogen) atoms. The van der Waals surface area contributed by atoms with Crippen molar-refractivity contribution in [2.75, 3.05) is 38.7 Å². The Bertz CT molecular complexity index is 867. The van der Waals surface area contributed by atoms with Crippen molar-refractivity contribution < 1.29 is 19.1 Å². The third-order valence-corrected chi connectivity index (χ3v) is 5.64. The van der Waals surface area contributed by atoms with Crippen molar-refractivity contribution in [3.63, 3.8) is 0 Å². The van der Waals surface area contributed by atoms with E-state index in [1.54, 1.807) is 19.4 Å². The number of anilines is 1. The van der Waals surface area contributed by atoms with E-state index in [1.807, 2.05) is 33.8 Å². The number of aromatic nitrogens is 2. The summed E-state index contributed by atoms with van der Waals surface area (Å²) in [5.41, 5.74) is 0.633. The first-order valence-electron chi connectivity index (χ1n) is 10.0. The molecule has 2 saturated heterocycles. The Morgan fingerprint density at radius 3 is 2.76 bits per heavy atom. The molecule has 1 atom stereocenters. The van der Waals surface area contributed by atoms with Gasteiger partial charge in [-0.3, -0.25) is 9.59 Å². The highest BCUT2D eigenvalue weighted by Gasteiger charge is 2.28. The minimum Gasteiger partial charge on any atom is -0.497 e. The van der Waals surface area contributed by atoms with E-state index in [0.717, 1.165) is 19.3 Å². The molecule has 2 aromatic rings. The van der Waals surface area contributed by atoms with E-state index in [0.29, 0.717) is 43.4 Å². The standard InChI is InChI=1S/C21H26N4O4/c1-28-18-4-2-3-15(13-18)21(27)24-10-6-17(7-11-24)25-19(5-9-22-25)23-20(26)16-8-12-29-14-16/h2-5,9,13,16-17H,6-8,10-12,14H2,1H3,(H,23,26). The first kappa shape index (κ1) is 19.4. The average molecular weight is 398 g/mol. The second kappa shape index (κ2) is 8.65. The molecule has 154 valence electrons. The van der Waals surface area contributed by atoms with Crippen LogP contribution >= 0.6 is 0 Å². The molecule has 1 N–H and O–H groups in total. The van der Waals surface area contributed by atoms with Crippen LogP contribution in [0.25, 0.3) is 0 Å². The normalized spacial score (nSPS) is 19.9. The molecule has 1 aromatic heterocycles. The summed E-state index contributed by atoms with van der Waals surface area (Å²) in [7, 11) is 1.59. The van der Waals surface area contributed by atoms with Crippen molar-refractivity contribution >= 4 is 17.6 Å². The Balaban J connectivity index is 1.37. The van der Waals surface area contributed by atoms with Crippen LogP contribution < -0.4 is 10.1 Å². The van der Waals surface area contributed by atoms with Crippen LogP contribution in [-0.2, 0) is 9.53 Å². The largest absolute Gasteiger partial charge is 0.497 e. The first-order valence-corrected chi connectivity index (χ1v) is 10.0. The fourth-order valence-electron chi connectivity index (χ4n) is 3.93. The Morgan fingerprint density at radius 2 is 2.03 bits per heavy atom. The van der Waals surface area contributed by atoms with Gasteiger partial charge in [0.25, 0.3) is 5.91 Å². The second-order valence-corrected chi connectivity index (χ2v) is 7.47. The summed E-state index contributed by atoms with van der Waals surface area (Å²) >= 11 is 0. The molecule has 4 rings (SSSR count). The SMILES string of the molecule is COc1cccc(C(=O)N2CCC(n3nccc3NC(=O)C3CCOC3)CC2)c1. The van der Waals surface area contributed by atoms with Crippen molar-refractivity contribution in [2.24, 2.45) is 5.92 Å². The van der Waals surface area contributed by atoms with Gasteiger partial charge in [0.1, 0.15) is 11.6 Å². The summed E-state index contributed by atoms with van der Waals surface area (Å²) in [6.45, 7) is 2.40. The third-order valence-electron chi connectivity index (χ3n) is 5.64. The molecule has 0 aliphatic carbocycles. The molecule has 1 aromatic carbocycles. The molecule has 2 fully saturated rings. The average Bonchev–Trinajstić information content (AvgIpc) is 3.46. The van der Waals surface area contributed by atoms with E-state index in [2.05, 4.69) is 10.4 Å². The Labute approximate surface area is 169 Å². The fourth-order valence-corrected chi connectivity index (χ4v) is 3.93. The maximum atomic E-state index is 12.8. The quantitative estimate of drug-likeness (QED) is 0.836. The number of methoxy groups -OCH3 is 1. The summed E-state index contributed by atoms with van der Waals surface area (Å²) in [5.74, 6) is 1.28. The summed E-state index contributed by atoms with van der Waals surface area (Å²) < 4.78 is 12.4. The number of piperidine rings is 1. The molecule has 2 amide bonds. The number of ether oxygens (including phenoxy) is 2. The number of likely N-dealkylation sites (tertiary alicyclic amines) is 1. The van der Waals surface area contributed by atoms with Crippen LogP contribution in [0.4, 0.5) is 5.82 Å². The topological polar surface area (TPSA) is 85.7 Å². The van der Waals surface area contributed by atoms with Gasteiger partial charge in [0.2, 0.25) is 5.91 Å². The number of amides is 2. The lowest BCUT2D eigenvalue weighted by Crippen LogP contribution is -2.39. The van der Waals surface area contributed by atoms with E-state index < -0.39 is 0 Å². The second-order valence-electron chi connectivity index (χ2n) is 7.47. The van der Waals surface area contributed by atoms with Crippen LogP contribution in [0.15, 0.2) is 36.5 Å². The molecule has 0 radical (unpaired) electrons. The molecule has 0 saturated carbocycles. The third kappa shape index (κ3) is 4.27. The summed E-state index contributed by atoms with van der Waals surface area (Å²) in [5, 5.41) is 7.41. The van der Waals surface area contributed by atoms with Gasteiger partial charge in [-0.25, -0.2) is 4.68 Å². The van der Waals surface area contributed by atoms with Crippen molar-refractivity contribution in [2.45, 2.75) is 25.3 Å². The minimum atomic E-state index is -0.0966. The molecular weight excluding hydrogens is 372 g/mol. The van der Waals surface area contributed by atoms with Crippen LogP contribution in [-0.4, -0.2) is 59.9 Å². The number of hydrogen-bond acceptors (Lipinski definition) is 5. The summed E-state index contributed by atoms with van der Waals surface area (Å²) in [4.78, 5) is 27.1. The van der Waals surface area contributed by atoms with Crippen molar-refractivity contribution in [1.29, 1.82) is 0 Å². The molecule has 0 spiro atoms. The molecule has 8 heteroatoms. The van der Waals surface area contributed by atoms with Gasteiger partial charge in [0, 0.05) is 31.3 Å². The number of carbonyl (C=O) groups excluding carboxylic acids is 2. The number of rotatable bonds is 5. The zero-order chi connectivity index (χ0) is 20.2. The Kier molecular flexibility index (Phi) is 5.80. The van der Waals surface area contributed by atoms with Crippen molar-refractivity contribution in [3.8, 4) is 5.75 Å². The van der Waals surface area contributed by atoms with Gasteiger partial charge < -0.3 is 19.7 Å². The van der Waals surface area contributed by atoms with Gasteiger partial charge in [0.05, 0.1) is 31.9 Å². The van der Waals surface area contributed by atoms with E-state index in [9.17, 15) is 9.59 Å². The van der Waals surface area contributed by atoms with Crippen LogP contribution in [0.3, 0.4) is 0 Å². The molecule has 2 aliphatic rings. The Hall–Kier alpha value is -2.87. The number of nitrogens with zero attached hydrogens (tertiary/aromatic N) is 3. The number of nitrogens with one attached hydrogen (secondary N) is 1. The Morgan fingerprint density at radius 1 is 1.21 bits per heavy atom. The van der Waals surface area contributed by atoms with E-state index in [1.165, 1.54) is 0 Å². The highest BCUT2D eigenvalue weighted by atomic mass is 16.5. The summed E-state index contributed by atoms with van der Waals surface area (Å²) in [6, 6.07) is 9.20. The molecule has 2 aliphatic heterocycles. The lowest BCUT2D eigenvalue weighted by atomic mass is 10.0. The van der Waals surface area contributed by atoms with Gasteiger partial charge in [-0.2, -0.15) is 5.10 Å². The van der Waals surface area contributed by atoms with Gasteiger partial charge in [0.15, 0.2) is 0 Å². The van der Waals surface area contributed by atoms with Gasteiger partial charge in [-0.1, -0.05) is 6.07 Å². The van der Waals surface area contributed by atoms with E-state index >= 15 is 0 Å². The number of benzene rings is 1. The molecule has 0 bridgehead atoms. The van der Waals surface area contributed by atoms with Crippen LogP contribution in [0.2, 0.25) is 0 Å². The first-order chi connectivity index (χ1) is 14.2. The fraction of sp³-hybridized carbons (Fsp3) is 0.476. The van der Waals surface area contributed by atoms with E-state index in [-0.39, 0.29) is 23.8 Å². The number of carbonyl (C=O) groups is 2. The van der Waals surface area contributed by atoms with Crippen molar-refractivity contribution in [3.05, 3.63) is 42.1 Å². The zero-order valence-electron chi connectivity index (χ0n) is 16.5. The van der Waals surface area contributed by atoms with E-state index in [4.69, 9.17) is 9.47 Å². The maximum Gasteiger partial charge on any atom is 0.253 e. The molecular formula is C21H26N4O4. The lowest BCUT2D eigenvalue weighted by Gasteiger charge is -2.33. The smallest absolute Gasteiger partial charge is 0.253 e. The lowest BCUT2D eigenvalue weighted by molar-refractivity contribution is -0.119. The van der Waals surface area contributed by atoms with Gasteiger partial charge >= 0.3 is 0 Å². The van der Waals surface area contributed by atoms with Gasteiger partial charge in [-0.15, -0.1) is 0 Å². The monoisotopic (exact) mass is 398 g/mol. The molecule has 3 heterocycles. The minimum absolute atomic E-state index is 0.0116. The number of hydrogen-bond donors (Lipinski definition) is 1. The molecule has 1 unspecified atom stereocenters. The van der Waals surface area contributed by atoms with Crippen molar-refractivity contribution in [1.82, 2.24) is 14.7 Å². The maximum absolute atomic E-state index is 12.8. The highest BCUT2D eigenvalue weighted by molar-refractivity contribution is 5.94. The predicted octanol–water partition coefficient (Wildman–Crippen LogP) is 2.34. The van der Waals surface area contributed by atoms with Gasteiger partial charge in [-0.05, 0) is 37.5 Å².